The predicted molar refractivity (Wildman–Crippen MR) is 503 cm³/mol. The van der Waals surface area contributed by atoms with Gasteiger partial charge >= 0.3 is 6.03 Å². The number of H-pyrrole nitrogens is 3. The lowest BCUT2D eigenvalue weighted by molar-refractivity contribution is -0.137. The van der Waals surface area contributed by atoms with Crippen LogP contribution in [0.1, 0.15) is 97.6 Å². The van der Waals surface area contributed by atoms with Crippen LogP contribution in [0, 0.1) is 0 Å². The molecule has 3 aromatic carbocycles. The molecular weight excluding hydrogens is 1810 g/mol. The number of unbranched alkanes of at least 4 members (excludes halogenated alkanes) is 2. The highest BCUT2D eigenvalue weighted by atomic mass is 16.6. The van der Waals surface area contributed by atoms with Gasteiger partial charge in [0.2, 0.25) is 59.1 Å². The summed E-state index contributed by atoms with van der Waals surface area (Å²) in [5, 5.41) is 17.3. The predicted octanol–water partition coefficient (Wildman–Crippen LogP) is 3.65. The normalized spacial score (nSPS) is 12.1. The average Bonchev–Trinajstić information content (AvgIpc) is 1.69. The number of aromatic amines is 3. The molecule has 0 radical (unpaired) electrons. The number of urea groups is 1. The van der Waals surface area contributed by atoms with Gasteiger partial charge in [0.25, 0.3) is 11.8 Å². The summed E-state index contributed by atoms with van der Waals surface area (Å²) >= 11 is 0. The third kappa shape index (κ3) is 43.6. The molecule has 15 N–H and O–H groups in total. The number of anilines is 3. The number of hydrogen-bond acceptors (Lipinski definition) is 37. The maximum absolute atomic E-state index is 14.0. The third-order valence-electron chi connectivity index (χ3n) is 20.7. The molecule has 0 bridgehead atoms. The number of ether oxygens (including phenoxy) is 18. The van der Waals surface area contributed by atoms with Crippen molar-refractivity contribution in [3.63, 3.8) is 0 Å². The Labute approximate surface area is 803 Å². The zero-order chi connectivity index (χ0) is 97.6. The summed E-state index contributed by atoms with van der Waals surface area (Å²) in [4.78, 5) is 138. The fourth-order valence-electron chi connectivity index (χ4n) is 13.5. The molecule has 1 aliphatic rings. The van der Waals surface area contributed by atoms with E-state index in [9.17, 15) is 33.6 Å². The summed E-state index contributed by atoms with van der Waals surface area (Å²) in [5.74, 6) is -0.687. The van der Waals surface area contributed by atoms with E-state index in [-0.39, 0.29) is 237 Å². The molecular formula is C92H130N22O25. The van der Waals surface area contributed by atoms with Crippen molar-refractivity contribution >= 4 is 92.8 Å². The fourth-order valence-corrected chi connectivity index (χ4v) is 13.5. The maximum Gasteiger partial charge on any atom is 0.315 e. The van der Waals surface area contributed by atoms with Crippen molar-refractivity contribution in [2.24, 2.45) is 0 Å². The molecule has 0 saturated carbocycles. The number of benzene rings is 3. The van der Waals surface area contributed by atoms with Crippen LogP contribution in [-0.4, -0.2) is 329 Å². The Balaban J connectivity index is 0.610. The van der Waals surface area contributed by atoms with Gasteiger partial charge in [0.05, 0.1) is 217 Å². The minimum atomic E-state index is -1.28. The second-order valence-electron chi connectivity index (χ2n) is 31.3. The van der Waals surface area contributed by atoms with Gasteiger partial charge in [-0.1, -0.05) is 79.2 Å². The highest BCUT2D eigenvalue weighted by molar-refractivity contribution is 6.12. The lowest BCUT2D eigenvalue weighted by atomic mass is 9.83. The number of nitrogens with zero attached hydrogens (tertiary/aromatic N) is 10. The summed E-state index contributed by atoms with van der Waals surface area (Å²) in [6, 6.07) is 22.8. The van der Waals surface area contributed by atoms with E-state index in [2.05, 4.69) is 91.7 Å². The molecule has 0 atom stereocenters. The standard InChI is InChI=1S/C92H130N22O25/c93-88-107-82-79(101-64-104-82)85(110-88)137-61-70-11-5-67(6-12-70)58-134-55-52-131-49-46-128-42-37-123-32-26-97-74(116)19-22-92(113-91(121)100-29-35-126-40-45-127-41-36-122-31-25-96-73(115)4-2-1-3-30-114-77(119)17-18-78(114)120,23-20-75(117)98-27-33-124-38-43-129-47-50-132-53-56-135-59-68-7-13-71(14-8-68)62-138-86-80-83(105-65-102-80)108-89(94)111-86)24-21-76(118)99-28-34-125-39-44-130-48-51-133-54-57-136-60-69-9-15-72(16-10-69)63-139-87-81-84(106-66-103-81)109-90(95)112-87/h5-18,64-66H,1-4,19-63H2,(H,96,115)(H,97,116)(H,98,117)(H,99,118)(H2,100,113,121)(H3,93,101,104,107,110)(H3,94,102,105,108,111)(H3,95,103,106,109,112). The van der Waals surface area contributed by atoms with E-state index >= 15 is 0 Å². The van der Waals surface area contributed by atoms with Crippen molar-refractivity contribution in [2.75, 3.05) is 235 Å². The number of nitrogens with two attached hydrogens (primary N) is 3. The third-order valence-corrected chi connectivity index (χ3v) is 20.7. The van der Waals surface area contributed by atoms with Crippen LogP contribution in [0.2, 0.25) is 0 Å². The van der Waals surface area contributed by atoms with E-state index in [1.165, 1.54) is 36.0 Å². The number of amides is 8. The molecule has 47 nitrogen and oxygen atoms in total. The molecule has 10 rings (SSSR count). The monoisotopic (exact) mass is 1940 g/mol. The quantitative estimate of drug-likeness (QED) is 0.0191. The topological polar surface area (TPSA) is 602 Å². The second kappa shape index (κ2) is 64.7. The van der Waals surface area contributed by atoms with Crippen LogP contribution in [0.25, 0.3) is 33.5 Å². The first-order valence-corrected chi connectivity index (χ1v) is 46.4. The second-order valence-corrected chi connectivity index (χ2v) is 31.3. The number of rotatable bonds is 79. The van der Waals surface area contributed by atoms with Gasteiger partial charge in [-0.15, -0.1) is 0 Å². The smallest absolute Gasteiger partial charge is 0.315 e. The van der Waals surface area contributed by atoms with Gasteiger partial charge in [0, 0.05) is 82.6 Å². The van der Waals surface area contributed by atoms with Gasteiger partial charge in [-0.3, -0.25) is 33.7 Å². The van der Waals surface area contributed by atoms with Crippen LogP contribution in [-0.2, 0) is 139 Å². The van der Waals surface area contributed by atoms with Crippen molar-refractivity contribution in [1.29, 1.82) is 0 Å². The SMILES string of the molecule is Nc1nc(OCc2ccc(COCCOCCOCCOCCNC(=O)CCC(CCC(=O)NCCOCCOCCOCCOCc3ccc(COc4nc(N)nc5[nH]cnc45)cc3)(CCC(=O)NCCOCCOCCOCCOCc3ccc(COc4nc(N)nc5[nH]cnc45)cc3)NC(=O)NCCOCCOCCOCCNC(=O)CCCCCN3C(=O)C=CC3=O)cc2)c2nc[nH]c2n1. The Morgan fingerprint density at radius 3 is 0.842 bits per heavy atom. The van der Waals surface area contributed by atoms with Gasteiger partial charge in [0.15, 0.2) is 33.5 Å². The molecule has 47 heteroatoms. The zero-order valence-electron chi connectivity index (χ0n) is 78.4. The van der Waals surface area contributed by atoms with E-state index in [0.29, 0.717) is 189 Å². The summed E-state index contributed by atoms with van der Waals surface area (Å²) in [6.45, 7) is 10.9. The molecule has 9 aromatic rings. The highest BCUT2D eigenvalue weighted by Crippen LogP contribution is 2.28. The lowest BCUT2D eigenvalue weighted by Gasteiger charge is -2.35. The molecule has 0 aliphatic carbocycles. The van der Waals surface area contributed by atoms with Gasteiger partial charge in [-0.25, -0.2) is 19.7 Å². The van der Waals surface area contributed by atoms with Gasteiger partial charge < -0.3 is 149 Å². The lowest BCUT2D eigenvalue weighted by Crippen LogP contribution is -2.54. The first-order chi connectivity index (χ1) is 68.1. The van der Waals surface area contributed by atoms with Gasteiger partial charge in [-0.05, 0) is 65.5 Å². The van der Waals surface area contributed by atoms with Crippen LogP contribution >= 0.6 is 0 Å². The largest absolute Gasteiger partial charge is 0.471 e. The van der Waals surface area contributed by atoms with Crippen molar-refractivity contribution in [3.8, 4) is 17.6 Å². The Bertz CT molecular complexity index is 4670. The number of imidazole rings is 3. The molecule has 7 heterocycles. The average molecular weight is 1940 g/mol. The molecule has 0 fully saturated rings. The minimum Gasteiger partial charge on any atom is -0.471 e. The number of fused-ring (bicyclic) bond motifs is 3. The molecule has 0 spiro atoms. The van der Waals surface area contributed by atoms with E-state index in [4.69, 9.17) is 102 Å². The molecule has 1 aliphatic heterocycles. The van der Waals surface area contributed by atoms with Crippen LogP contribution in [0.5, 0.6) is 17.6 Å². The minimum absolute atomic E-state index is 0.0352. The fraction of sp³-hybridized carbons (Fsp3) is 0.543. The first-order valence-electron chi connectivity index (χ1n) is 46.4. The molecule has 758 valence electrons. The van der Waals surface area contributed by atoms with Crippen molar-refractivity contribution in [3.05, 3.63) is 137 Å². The zero-order valence-corrected chi connectivity index (χ0v) is 78.4. The van der Waals surface area contributed by atoms with Crippen molar-refractivity contribution in [2.45, 2.75) is 109 Å². The number of nitrogen functional groups attached to an aromatic ring is 3. The number of carbonyl (C=O) groups excluding carboxylic acids is 7. The molecule has 0 unspecified atom stereocenters. The molecule has 139 heavy (non-hydrogen) atoms. The van der Waals surface area contributed by atoms with Crippen LogP contribution in [0.4, 0.5) is 22.6 Å². The summed E-state index contributed by atoms with van der Waals surface area (Å²) in [6.07, 6.45) is 9.07. The molecule has 8 amide bonds. The number of aromatic nitrogens is 12. The van der Waals surface area contributed by atoms with Crippen LogP contribution in [0.3, 0.4) is 0 Å². The van der Waals surface area contributed by atoms with Crippen molar-refractivity contribution < 1.29 is 119 Å². The van der Waals surface area contributed by atoms with E-state index in [0.717, 1.165) is 33.4 Å². The van der Waals surface area contributed by atoms with E-state index < -0.39 is 11.6 Å². The summed E-state index contributed by atoms with van der Waals surface area (Å²) in [7, 11) is 0. The Hall–Kier alpha value is -12.5. The summed E-state index contributed by atoms with van der Waals surface area (Å²) in [5.41, 5.74) is 24.9. The Morgan fingerprint density at radius 2 is 0.554 bits per heavy atom. The van der Waals surface area contributed by atoms with E-state index in [1.807, 2.05) is 72.8 Å². The number of carbonyl (C=O) groups is 7. The Morgan fingerprint density at radius 1 is 0.302 bits per heavy atom. The van der Waals surface area contributed by atoms with Crippen LogP contribution in [0.15, 0.2) is 104 Å². The number of hydrogen-bond donors (Lipinski definition) is 12. The highest BCUT2D eigenvalue weighted by Gasteiger charge is 2.34. The summed E-state index contributed by atoms with van der Waals surface area (Å²) < 4.78 is 103. The Kier molecular flexibility index (Phi) is 50.5. The van der Waals surface area contributed by atoms with Crippen LogP contribution < -0.4 is 63.3 Å². The number of nitrogens with one attached hydrogen (secondary N) is 9. The van der Waals surface area contributed by atoms with E-state index in [1.54, 1.807) is 0 Å². The van der Waals surface area contributed by atoms with Crippen molar-refractivity contribution in [1.82, 2.24) is 96.6 Å². The van der Waals surface area contributed by atoms with Gasteiger partial charge in [-0.2, -0.15) is 29.9 Å². The molecule has 0 saturated heterocycles. The first kappa shape index (κ1) is 109. The van der Waals surface area contributed by atoms with Gasteiger partial charge in [0.1, 0.15) is 19.8 Å². The molecule has 6 aromatic heterocycles. The maximum atomic E-state index is 14.0. The number of imide groups is 1.